The highest BCUT2D eigenvalue weighted by Gasteiger charge is 2.18. The van der Waals surface area contributed by atoms with Gasteiger partial charge in [0.15, 0.2) is 0 Å². The lowest BCUT2D eigenvalue weighted by Gasteiger charge is -2.24. The number of hydrogen-bond donors (Lipinski definition) is 1. The summed E-state index contributed by atoms with van der Waals surface area (Å²) in [5, 5.41) is 0. The topological polar surface area (TPSA) is 26.0 Å². The molecular formula is C13H18BrN. The van der Waals surface area contributed by atoms with Gasteiger partial charge < -0.3 is 5.73 Å². The molecule has 0 unspecified atom stereocenters. The van der Waals surface area contributed by atoms with Crippen LogP contribution in [0.4, 0.5) is 5.69 Å². The molecule has 82 valence electrons. The van der Waals surface area contributed by atoms with E-state index in [1.807, 2.05) is 6.07 Å². The largest absolute Gasteiger partial charge is 0.398 e. The van der Waals surface area contributed by atoms with Gasteiger partial charge >= 0.3 is 0 Å². The third-order valence-electron chi connectivity index (χ3n) is 3.50. The molecule has 1 aromatic carbocycles. The van der Waals surface area contributed by atoms with E-state index in [0.29, 0.717) is 0 Å². The van der Waals surface area contributed by atoms with Crippen LogP contribution in [0.3, 0.4) is 0 Å². The second-order valence-corrected chi connectivity index (χ2v) is 5.31. The van der Waals surface area contributed by atoms with Crippen molar-refractivity contribution in [3.05, 3.63) is 27.7 Å². The molecule has 2 rings (SSSR count). The van der Waals surface area contributed by atoms with Crippen LogP contribution in [-0.4, -0.2) is 0 Å². The van der Waals surface area contributed by atoms with Gasteiger partial charge in [-0.2, -0.15) is 0 Å². The molecule has 0 aliphatic heterocycles. The van der Waals surface area contributed by atoms with Crippen molar-refractivity contribution in [2.24, 2.45) is 0 Å². The van der Waals surface area contributed by atoms with Crippen molar-refractivity contribution in [1.29, 1.82) is 0 Å². The molecule has 0 radical (unpaired) electrons. The van der Waals surface area contributed by atoms with Crippen LogP contribution in [0.5, 0.6) is 0 Å². The molecule has 15 heavy (non-hydrogen) atoms. The fourth-order valence-corrected chi connectivity index (χ4v) is 2.94. The van der Waals surface area contributed by atoms with Crippen LogP contribution in [0, 0.1) is 6.92 Å². The first-order valence-corrected chi connectivity index (χ1v) is 6.54. The number of benzene rings is 1. The van der Waals surface area contributed by atoms with Gasteiger partial charge in [-0.05, 0) is 58.8 Å². The van der Waals surface area contributed by atoms with Gasteiger partial charge in [0.2, 0.25) is 0 Å². The Balaban J connectivity index is 2.31. The summed E-state index contributed by atoms with van der Waals surface area (Å²) >= 11 is 3.57. The summed E-state index contributed by atoms with van der Waals surface area (Å²) in [4.78, 5) is 0. The first kappa shape index (κ1) is 11.0. The SMILES string of the molecule is Cc1c(C2CCCCC2)ccc(N)c1Br. The molecule has 0 aromatic heterocycles. The van der Waals surface area contributed by atoms with Crippen molar-refractivity contribution in [2.75, 3.05) is 5.73 Å². The molecule has 0 atom stereocenters. The van der Waals surface area contributed by atoms with E-state index in [-0.39, 0.29) is 0 Å². The molecule has 2 N–H and O–H groups in total. The summed E-state index contributed by atoms with van der Waals surface area (Å²) < 4.78 is 1.09. The molecule has 1 nitrogen and oxygen atoms in total. The summed E-state index contributed by atoms with van der Waals surface area (Å²) in [5.41, 5.74) is 9.56. The molecule has 0 heterocycles. The van der Waals surface area contributed by atoms with Crippen molar-refractivity contribution in [3.8, 4) is 0 Å². The van der Waals surface area contributed by atoms with Crippen LogP contribution >= 0.6 is 15.9 Å². The maximum atomic E-state index is 5.87. The number of nitrogen functional groups attached to an aromatic ring is 1. The van der Waals surface area contributed by atoms with Gasteiger partial charge in [0, 0.05) is 10.2 Å². The third kappa shape index (κ3) is 2.20. The zero-order valence-corrected chi connectivity index (χ0v) is 10.8. The second kappa shape index (κ2) is 4.56. The number of nitrogens with two attached hydrogens (primary N) is 1. The predicted molar refractivity (Wildman–Crippen MR) is 69.1 cm³/mol. The van der Waals surface area contributed by atoms with Gasteiger partial charge in [0.1, 0.15) is 0 Å². The highest BCUT2D eigenvalue weighted by atomic mass is 79.9. The minimum Gasteiger partial charge on any atom is -0.398 e. The van der Waals surface area contributed by atoms with Crippen LogP contribution < -0.4 is 5.73 Å². The Morgan fingerprint density at radius 1 is 1.20 bits per heavy atom. The van der Waals surface area contributed by atoms with E-state index in [1.165, 1.54) is 43.2 Å². The average Bonchev–Trinajstić information content (AvgIpc) is 2.27. The van der Waals surface area contributed by atoms with Crippen molar-refractivity contribution in [2.45, 2.75) is 44.9 Å². The quantitative estimate of drug-likeness (QED) is 0.751. The molecular weight excluding hydrogens is 250 g/mol. The minimum atomic E-state index is 0.760. The average molecular weight is 268 g/mol. The Kier molecular flexibility index (Phi) is 3.35. The molecule has 1 fully saturated rings. The zero-order valence-electron chi connectivity index (χ0n) is 9.22. The molecule has 0 bridgehead atoms. The van der Waals surface area contributed by atoms with Crippen LogP contribution in [0.25, 0.3) is 0 Å². The molecule has 1 saturated carbocycles. The van der Waals surface area contributed by atoms with E-state index in [4.69, 9.17) is 5.73 Å². The van der Waals surface area contributed by atoms with Gasteiger partial charge in [-0.15, -0.1) is 0 Å². The molecule has 2 heteroatoms. The fraction of sp³-hybridized carbons (Fsp3) is 0.538. The number of anilines is 1. The van der Waals surface area contributed by atoms with Gasteiger partial charge in [0.25, 0.3) is 0 Å². The zero-order chi connectivity index (χ0) is 10.8. The highest BCUT2D eigenvalue weighted by molar-refractivity contribution is 9.10. The number of rotatable bonds is 1. The molecule has 0 saturated heterocycles. The lowest BCUT2D eigenvalue weighted by Crippen LogP contribution is -2.07. The van der Waals surface area contributed by atoms with Crippen molar-refractivity contribution in [3.63, 3.8) is 0 Å². The Labute approximate surface area is 100 Å². The second-order valence-electron chi connectivity index (χ2n) is 4.52. The summed E-state index contributed by atoms with van der Waals surface area (Å²) in [6.45, 7) is 2.17. The molecule has 0 amide bonds. The Hall–Kier alpha value is -0.500. The smallest absolute Gasteiger partial charge is 0.0461 e. The maximum Gasteiger partial charge on any atom is 0.0461 e. The van der Waals surface area contributed by atoms with E-state index >= 15 is 0 Å². The number of hydrogen-bond acceptors (Lipinski definition) is 1. The van der Waals surface area contributed by atoms with Gasteiger partial charge in [-0.3, -0.25) is 0 Å². The summed E-state index contributed by atoms with van der Waals surface area (Å²) in [7, 11) is 0. The van der Waals surface area contributed by atoms with E-state index < -0.39 is 0 Å². The third-order valence-corrected chi connectivity index (χ3v) is 4.56. The lowest BCUT2D eigenvalue weighted by molar-refractivity contribution is 0.442. The molecule has 1 aliphatic carbocycles. The van der Waals surface area contributed by atoms with E-state index in [0.717, 1.165) is 16.1 Å². The van der Waals surface area contributed by atoms with Gasteiger partial charge in [0.05, 0.1) is 0 Å². The van der Waals surface area contributed by atoms with Crippen LogP contribution in [-0.2, 0) is 0 Å². The van der Waals surface area contributed by atoms with Crippen LogP contribution in [0.1, 0.15) is 49.1 Å². The minimum absolute atomic E-state index is 0.760. The van der Waals surface area contributed by atoms with Crippen molar-refractivity contribution < 1.29 is 0 Å². The summed E-state index contributed by atoms with van der Waals surface area (Å²) in [5.74, 6) is 0.760. The van der Waals surface area contributed by atoms with E-state index in [2.05, 4.69) is 28.9 Å². The normalized spacial score (nSPS) is 18.0. The lowest BCUT2D eigenvalue weighted by atomic mass is 9.82. The highest BCUT2D eigenvalue weighted by Crippen LogP contribution is 2.37. The van der Waals surface area contributed by atoms with Crippen LogP contribution in [0.15, 0.2) is 16.6 Å². The van der Waals surface area contributed by atoms with Gasteiger partial charge in [-0.25, -0.2) is 0 Å². The fourth-order valence-electron chi connectivity index (χ4n) is 2.58. The Bertz CT molecular complexity index is 354. The Morgan fingerprint density at radius 2 is 1.87 bits per heavy atom. The monoisotopic (exact) mass is 267 g/mol. The summed E-state index contributed by atoms with van der Waals surface area (Å²) in [6, 6.07) is 4.24. The van der Waals surface area contributed by atoms with Crippen molar-refractivity contribution in [1.82, 2.24) is 0 Å². The first-order valence-electron chi connectivity index (χ1n) is 5.74. The standard InChI is InChI=1S/C13H18BrN/c1-9-11(7-8-12(15)13(9)14)10-5-3-2-4-6-10/h7-8,10H,2-6,15H2,1H3. The van der Waals surface area contributed by atoms with Gasteiger partial charge in [-0.1, -0.05) is 25.3 Å². The molecule has 1 aliphatic rings. The molecule has 0 spiro atoms. The van der Waals surface area contributed by atoms with Crippen LogP contribution in [0.2, 0.25) is 0 Å². The van der Waals surface area contributed by atoms with Crippen molar-refractivity contribution >= 4 is 21.6 Å². The van der Waals surface area contributed by atoms with E-state index in [9.17, 15) is 0 Å². The predicted octanol–water partition coefficient (Wildman–Crippen LogP) is 4.39. The van der Waals surface area contributed by atoms with E-state index in [1.54, 1.807) is 0 Å². The molecule has 1 aromatic rings. The maximum absolute atomic E-state index is 5.87. The first-order chi connectivity index (χ1) is 7.20. The Morgan fingerprint density at radius 3 is 2.53 bits per heavy atom. The number of halogens is 1. The summed E-state index contributed by atoms with van der Waals surface area (Å²) in [6.07, 6.45) is 6.86.